The molecule has 0 fully saturated rings. The van der Waals surface area contributed by atoms with Gasteiger partial charge < -0.3 is 14.7 Å². The molecule has 0 bridgehead atoms. The van der Waals surface area contributed by atoms with Gasteiger partial charge in [-0.25, -0.2) is 4.57 Å². The van der Waals surface area contributed by atoms with Crippen molar-refractivity contribution in [1.82, 2.24) is 0 Å². The van der Waals surface area contributed by atoms with Gasteiger partial charge >= 0.3 is 44.3 Å². The predicted octanol–water partition coefficient (Wildman–Crippen LogP) is -3.03. The van der Waals surface area contributed by atoms with Crippen LogP contribution in [0.1, 0.15) is 0 Å². The summed E-state index contributed by atoms with van der Waals surface area (Å²) in [5.74, 6) is 0. The molecule has 0 spiro atoms. The van der Waals surface area contributed by atoms with Gasteiger partial charge in [0.2, 0.25) is 0 Å². The van der Waals surface area contributed by atoms with Crippen molar-refractivity contribution in [3.8, 4) is 0 Å². The predicted molar refractivity (Wildman–Crippen MR) is 32.7 cm³/mol. The third kappa shape index (κ3) is 128. The van der Waals surface area contributed by atoms with Crippen LogP contribution < -0.4 is 0 Å². The van der Waals surface area contributed by atoms with Gasteiger partial charge in [-0.3, -0.25) is 0 Å². The quantitative estimate of drug-likeness (QED) is 0.275. The molecular weight excluding hydrogens is 175 g/mol. The van der Waals surface area contributed by atoms with Crippen molar-refractivity contribution in [1.29, 1.82) is 0 Å². The van der Waals surface area contributed by atoms with E-state index in [1.807, 2.05) is 0 Å². The van der Waals surface area contributed by atoms with Crippen molar-refractivity contribution in [3.63, 3.8) is 0 Å². The first kappa shape index (κ1) is 15.7. The molecule has 0 aliphatic carbocycles. The second kappa shape index (κ2) is 5.39. The summed E-state index contributed by atoms with van der Waals surface area (Å²) >= 11 is 0. The Labute approximate surface area is 63.7 Å². The van der Waals surface area contributed by atoms with Crippen LogP contribution in [0, 0.1) is 0 Å². The first-order valence-corrected chi connectivity index (χ1v) is 2.35. The fraction of sp³-hybridized carbons (Fsp3) is 0. The molecule has 0 radical (unpaired) electrons. The number of hydrogen-bond donors (Lipinski definition) is 3. The van der Waals surface area contributed by atoms with Crippen LogP contribution in [0.2, 0.25) is 0 Å². The Morgan fingerprint density at radius 2 is 1.14 bits per heavy atom. The summed E-state index contributed by atoms with van der Waals surface area (Å²) in [6.45, 7) is 0. The van der Waals surface area contributed by atoms with Crippen molar-refractivity contribution in [3.05, 3.63) is 0 Å². The second-order valence-electron chi connectivity index (χ2n) is 0.513. The molecule has 4 nitrogen and oxygen atoms in total. The van der Waals surface area contributed by atoms with Crippen molar-refractivity contribution in [2.75, 3.05) is 0 Å². The third-order valence-electron chi connectivity index (χ3n) is 0. The summed E-state index contributed by atoms with van der Waals surface area (Å²) in [4.78, 5) is 21.6. The molecule has 0 atom stereocenters. The molecular formula is H8GeLiO4P. The van der Waals surface area contributed by atoms with E-state index in [4.69, 9.17) is 19.2 Å². The SMILES string of the molecule is O=P(O)(O)O.[GeH4].[LiH]. The zero-order chi connectivity index (χ0) is 4.50. The van der Waals surface area contributed by atoms with E-state index < -0.39 is 7.82 Å². The van der Waals surface area contributed by atoms with Crippen LogP contribution in [-0.4, -0.2) is 51.1 Å². The molecule has 0 aromatic heterocycles. The first-order chi connectivity index (χ1) is 2.00. The molecule has 0 saturated carbocycles. The summed E-state index contributed by atoms with van der Waals surface area (Å²) in [7, 11) is -4.64. The van der Waals surface area contributed by atoms with E-state index in [1.165, 1.54) is 0 Å². The van der Waals surface area contributed by atoms with Gasteiger partial charge in [0.15, 0.2) is 0 Å². The van der Waals surface area contributed by atoms with E-state index in [2.05, 4.69) is 0 Å². The standard InChI is InChI=1S/GeH4.Li.H3O4P.H/c;;1-5(2,3)4;/h1H4;;(H3,1,2,3,4);. The second-order valence-corrected chi connectivity index (χ2v) is 1.54. The molecule has 0 aromatic carbocycles. The van der Waals surface area contributed by atoms with Gasteiger partial charge in [-0.15, -0.1) is 0 Å². The zero-order valence-corrected chi connectivity index (χ0v) is 3.09. The molecule has 0 aromatic rings. The van der Waals surface area contributed by atoms with Gasteiger partial charge in [-0.1, -0.05) is 0 Å². The van der Waals surface area contributed by atoms with Gasteiger partial charge in [0.25, 0.3) is 0 Å². The molecule has 7 heteroatoms. The van der Waals surface area contributed by atoms with Gasteiger partial charge in [-0.2, -0.15) is 0 Å². The van der Waals surface area contributed by atoms with Gasteiger partial charge in [-0.05, 0) is 0 Å². The number of hydrogen-bond acceptors (Lipinski definition) is 1. The zero-order valence-electron chi connectivity index (χ0n) is 2.20. The van der Waals surface area contributed by atoms with Gasteiger partial charge in [0, 0.05) is 0 Å². The van der Waals surface area contributed by atoms with E-state index in [-0.39, 0.29) is 36.5 Å². The first-order valence-electron chi connectivity index (χ1n) is 0.783. The minimum atomic E-state index is -4.64. The summed E-state index contributed by atoms with van der Waals surface area (Å²) in [5, 5.41) is 0. The Balaban J connectivity index is -0.0000000800. The van der Waals surface area contributed by atoms with Crippen LogP contribution in [0.15, 0.2) is 0 Å². The molecule has 0 amide bonds. The molecule has 42 valence electrons. The molecule has 0 aliphatic heterocycles. The molecule has 0 aliphatic rings. The average Bonchev–Trinajstić information content (AvgIpc) is 0.722. The van der Waals surface area contributed by atoms with Crippen LogP contribution in [0.4, 0.5) is 0 Å². The number of rotatable bonds is 0. The fourth-order valence-electron chi connectivity index (χ4n) is 0. The summed E-state index contributed by atoms with van der Waals surface area (Å²) < 4.78 is 8.88. The molecule has 0 heterocycles. The van der Waals surface area contributed by atoms with Crippen LogP contribution in [0.5, 0.6) is 0 Å². The Kier molecular flexibility index (Phi) is 12.1. The minimum absolute atomic E-state index is 0. The van der Waals surface area contributed by atoms with Crippen molar-refractivity contribution >= 4 is 44.3 Å². The normalized spacial score (nSPS) is 8.43. The fourth-order valence-corrected chi connectivity index (χ4v) is 0. The van der Waals surface area contributed by atoms with Crippen molar-refractivity contribution in [2.24, 2.45) is 0 Å². The van der Waals surface area contributed by atoms with Crippen molar-refractivity contribution in [2.45, 2.75) is 0 Å². The third-order valence-corrected chi connectivity index (χ3v) is 0. The van der Waals surface area contributed by atoms with Gasteiger partial charge in [0.05, 0.1) is 0 Å². The summed E-state index contributed by atoms with van der Waals surface area (Å²) in [6, 6.07) is 0. The molecule has 0 rings (SSSR count). The van der Waals surface area contributed by atoms with Crippen LogP contribution in [0.25, 0.3) is 0 Å². The van der Waals surface area contributed by atoms with Crippen molar-refractivity contribution < 1.29 is 19.2 Å². The molecule has 0 saturated heterocycles. The van der Waals surface area contributed by atoms with E-state index in [9.17, 15) is 0 Å². The Bertz CT molecular complexity index is 57.8. The maximum atomic E-state index is 8.88. The summed E-state index contributed by atoms with van der Waals surface area (Å²) in [5.41, 5.74) is 0. The topological polar surface area (TPSA) is 77.8 Å². The maximum absolute atomic E-state index is 8.88. The average molecular weight is 183 g/mol. The molecule has 3 N–H and O–H groups in total. The van der Waals surface area contributed by atoms with Gasteiger partial charge in [0.1, 0.15) is 0 Å². The molecule has 7 heavy (non-hydrogen) atoms. The van der Waals surface area contributed by atoms with E-state index in [0.29, 0.717) is 0 Å². The van der Waals surface area contributed by atoms with E-state index in [0.717, 1.165) is 0 Å². The Hall–Kier alpha value is 1.25. The molecule has 0 unspecified atom stereocenters. The van der Waals surface area contributed by atoms with Crippen LogP contribution >= 0.6 is 7.82 Å². The Morgan fingerprint density at radius 1 is 1.14 bits per heavy atom. The Morgan fingerprint density at radius 3 is 1.14 bits per heavy atom. The van der Waals surface area contributed by atoms with Crippen LogP contribution in [0.3, 0.4) is 0 Å². The monoisotopic (exact) mass is 184 g/mol. The van der Waals surface area contributed by atoms with E-state index in [1.54, 1.807) is 0 Å². The summed E-state index contributed by atoms with van der Waals surface area (Å²) in [6.07, 6.45) is 0. The van der Waals surface area contributed by atoms with Crippen LogP contribution in [-0.2, 0) is 4.57 Å². The number of phosphoric acid groups is 1. The van der Waals surface area contributed by atoms with E-state index >= 15 is 0 Å².